The number of aliphatic hydroxyl groups excluding tert-OH is 1. The van der Waals surface area contributed by atoms with Crippen molar-refractivity contribution in [2.75, 3.05) is 7.11 Å². The van der Waals surface area contributed by atoms with E-state index in [4.69, 9.17) is 20.3 Å². The summed E-state index contributed by atoms with van der Waals surface area (Å²) in [6.07, 6.45) is 0. The highest BCUT2D eigenvalue weighted by molar-refractivity contribution is 5.37. The van der Waals surface area contributed by atoms with Gasteiger partial charge in [-0.05, 0) is 29.3 Å². The lowest BCUT2D eigenvalue weighted by Crippen LogP contribution is -2.02. The van der Waals surface area contributed by atoms with Gasteiger partial charge in [-0.15, -0.1) is 0 Å². The molecule has 0 atom stereocenters. The van der Waals surface area contributed by atoms with Crippen LogP contribution in [0.15, 0.2) is 42.5 Å². The van der Waals surface area contributed by atoms with E-state index in [1.165, 1.54) is 0 Å². The van der Waals surface area contributed by atoms with Crippen LogP contribution in [0.3, 0.4) is 0 Å². The summed E-state index contributed by atoms with van der Waals surface area (Å²) in [5, 5.41) is 8.98. The van der Waals surface area contributed by atoms with Gasteiger partial charge in [-0.3, -0.25) is 0 Å². The van der Waals surface area contributed by atoms with Crippen molar-refractivity contribution in [3.8, 4) is 11.5 Å². The van der Waals surface area contributed by atoms with E-state index in [1.807, 2.05) is 42.5 Å². The summed E-state index contributed by atoms with van der Waals surface area (Å²) in [7, 11) is 1.63. The molecular formula is C16H19NO3. The van der Waals surface area contributed by atoms with Gasteiger partial charge < -0.3 is 20.3 Å². The molecule has 0 amide bonds. The lowest BCUT2D eigenvalue weighted by molar-refractivity contribution is 0.280. The molecule has 3 N–H and O–H groups in total. The number of rotatable bonds is 6. The highest BCUT2D eigenvalue weighted by Crippen LogP contribution is 2.21. The number of nitrogens with two attached hydrogens (primary N) is 1. The molecule has 4 nitrogen and oxygen atoms in total. The van der Waals surface area contributed by atoms with Crippen molar-refractivity contribution in [3.05, 3.63) is 59.2 Å². The summed E-state index contributed by atoms with van der Waals surface area (Å²) in [6, 6.07) is 13.2. The predicted octanol–water partition coefficient (Wildman–Crippen LogP) is 2.23. The van der Waals surface area contributed by atoms with Crippen molar-refractivity contribution in [1.29, 1.82) is 0 Å². The van der Waals surface area contributed by atoms with Crippen LogP contribution in [0.5, 0.6) is 11.5 Å². The maximum atomic E-state index is 8.98. The van der Waals surface area contributed by atoms with Crippen LogP contribution in [-0.4, -0.2) is 12.2 Å². The van der Waals surface area contributed by atoms with Crippen LogP contribution in [0.25, 0.3) is 0 Å². The standard InChI is InChI=1S/C16H19NO3/c1-19-16-8-13(2-5-14(16)9-17)11-20-15-6-3-12(10-18)4-7-15/h2-8,18H,9-11,17H2,1H3. The average Bonchev–Trinajstić information content (AvgIpc) is 2.53. The van der Waals surface area contributed by atoms with E-state index >= 15 is 0 Å². The van der Waals surface area contributed by atoms with Crippen molar-refractivity contribution in [2.45, 2.75) is 19.8 Å². The molecule has 4 heteroatoms. The lowest BCUT2D eigenvalue weighted by atomic mass is 10.1. The summed E-state index contributed by atoms with van der Waals surface area (Å²) in [4.78, 5) is 0. The van der Waals surface area contributed by atoms with Crippen LogP contribution in [0.4, 0.5) is 0 Å². The zero-order valence-corrected chi connectivity index (χ0v) is 11.5. The maximum absolute atomic E-state index is 8.98. The molecule has 0 saturated carbocycles. The van der Waals surface area contributed by atoms with Gasteiger partial charge in [0.05, 0.1) is 13.7 Å². The fourth-order valence-corrected chi connectivity index (χ4v) is 1.91. The van der Waals surface area contributed by atoms with Crippen LogP contribution in [0, 0.1) is 0 Å². The smallest absolute Gasteiger partial charge is 0.123 e. The van der Waals surface area contributed by atoms with E-state index in [0.29, 0.717) is 13.2 Å². The number of hydrogen-bond acceptors (Lipinski definition) is 4. The quantitative estimate of drug-likeness (QED) is 0.847. The average molecular weight is 273 g/mol. The van der Waals surface area contributed by atoms with Crippen LogP contribution >= 0.6 is 0 Å². The van der Waals surface area contributed by atoms with Gasteiger partial charge in [-0.25, -0.2) is 0 Å². The molecule has 0 saturated heterocycles. The largest absolute Gasteiger partial charge is 0.496 e. The Balaban J connectivity index is 2.02. The van der Waals surface area contributed by atoms with Crippen molar-refractivity contribution in [3.63, 3.8) is 0 Å². The number of aliphatic hydroxyl groups is 1. The normalized spacial score (nSPS) is 10.3. The van der Waals surface area contributed by atoms with E-state index in [2.05, 4.69) is 0 Å². The Kier molecular flexibility index (Phi) is 4.98. The van der Waals surface area contributed by atoms with Crippen molar-refractivity contribution in [1.82, 2.24) is 0 Å². The first kappa shape index (κ1) is 14.4. The molecule has 0 radical (unpaired) electrons. The molecule has 2 rings (SSSR count). The van der Waals surface area contributed by atoms with Gasteiger partial charge in [0.1, 0.15) is 18.1 Å². The molecule has 0 aromatic heterocycles. The first-order valence-electron chi connectivity index (χ1n) is 6.45. The monoisotopic (exact) mass is 273 g/mol. The number of hydrogen-bond donors (Lipinski definition) is 2. The Labute approximate surface area is 118 Å². The van der Waals surface area contributed by atoms with Gasteiger partial charge in [0, 0.05) is 12.1 Å². The molecule has 0 bridgehead atoms. The molecule has 0 aliphatic rings. The fourth-order valence-electron chi connectivity index (χ4n) is 1.91. The Bertz CT molecular complexity index is 552. The maximum Gasteiger partial charge on any atom is 0.123 e. The highest BCUT2D eigenvalue weighted by Gasteiger charge is 2.03. The van der Waals surface area contributed by atoms with Gasteiger partial charge in [0.15, 0.2) is 0 Å². The van der Waals surface area contributed by atoms with Crippen LogP contribution in [0.2, 0.25) is 0 Å². The summed E-state index contributed by atoms with van der Waals surface area (Å²) in [5.74, 6) is 1.55. The van der Waals surface area contributed by atoms with Gasteiger partial charge in [-0.2, -0.15) is 0 Å². The SMILES string of the molecule is COc1cc(COc2ccc(CO)cc2)ccc1CN. The zero-order chi connectivity index (χ0) is 14.4. The molecule has 106 valence electrons. The Hall–Kier alpha value is -2.04. The molecule has 0 unspecified atom stereocenters. The second-order valence-electron chi connectivity index (χ2n) is 4.44. The molecule has 0 fully saturated rings. The van der Waals surface area contributed by atoms with E-state index in [1.54, 1.807) is 7.11 Å². The summed E-state index contributed by atoms with van der Waals surface area (Å²) in [5.41, 5.74) is 8.50. The van der Waals surface area contributed by atoms with Gasteiger partial charge in [-0.1, -0.05) is 24.3 Å². The minimum Gasteiger partial charge on any atom is -0.496 e. The summed E-state index contributed by atoms with van der Waals surface area (Å²) in [6.45, 7) is 0.949. The number of methoxy groups -OCH3 is 1. The topological polar surface area (TPSA) is 64.7 Å². The molecule has 0 aliphatic heterocycles. The molecule has 0 aliphatic carbocycles. The molecule has 0 heterocycles. The number of benzene rings is 2. The van der Waals surface area contributed by atoms with Crippen molar-refractivity contribution >= 4 is 0 Å². The summed E-state index contributed by atoms with van der Waals surface area (Å²) < 4.78 is 11.0. The van der Waals surface area contributed by atoms with Crippen LogP contribution in [0.1, 0.15) is 16.7 Å². The minimum absolute atomic E-state index is 0.0397. The Morgan fingerprint density at radius 3 is 2.35 bits per heavy atom. The minimum atomic E-state index is 0.0397. The van der Waals surface area contributed by atoms with Crippen LogP contribution in [-0.2, 0) is 19.8 Å². The summed E-state index contributed by atoms with van der Waals surface area (Å²) >= 11 is 0. The molecule has 2 aromatic carbocycles. The molecular weight excluding hydrogens is 254 g/mol. The Morgan fingerprint density at radius 2 is 1.75 bits per heavy atom. The third kappa shape index (κ3) is 3.50. The second-order valence-corrected chi connectivity index (χ2v) is 4.44. The first-order chi connectivity index (χ1) is 9.76. The van der Waals surface area contributed by atoms with Gasteiger partial charge >= 0.3 is 0 Å². The Morgan fingerprint density at radius 1 is 1.05 bits per heavy atom. The molecule has 2 aromatic rings. The first-order valence-corrected chi connectivity index (χ1v) is 6.45. The lowest BCUT2D eigenvalue weighted by Gasteiger charge is -2.10. The predicted molar refractivity (Wildman–Crippen MR) is 77.6 cm³/mol. The second kappa shape index (κ2) is 6.93. The van der Waals surface area contributed by atoms with Crippen molar-refractivity contribution < 1.29 is 14.6 Å². The van der Waals surface area contributed by atoms with E-state index in [-0.39, 0.29) is 6.61 Å². The van der Waals surface area contributed by atoms with Gasteiger partial charge in [0.25, 0.3) is 0 Å². The third-order valence-electron chi connectivity index (χ3n) is 3.08. The number of ether oxygens (including phenoxy) is 2. The van der Waals surface area contributed by atoms with Gasteiger partial charge in [0.2, 0.25) is 0 Å². The molecule has 0 spiro atoms. The fraction of sp³-hybridized carbons (Fsp3) is 0.250. The van der Waals surface area contributed by atoms with E-state index in [9.17, 15) is 0 Å². The van der Waals surface area contributed by atoms with Crippen molar-refractivity contribution in [2.24, 2.45) is 5.73 Å². The van der Waals surface area contributed by atoms with Crippen LogP contribution < -0.4 is 15.2 Å². The zero-order valence-electron chi connectivity index (χ0n) is 11.5. The third-order valence-corrected chi connectivity index (χ3v) is 3.08. The van der Waals surface area contributed by atoms with E-state index < -0.39 is 0 Å². The molecule has 20 heavy (non-hydrogen) atoms. The van der Waals surface area contributed by atoms with E-state index in [0.717, 1.165) is 28.2 Å². The highest BCUT2D eigenvalue weighted by atomic mass is 16.5.